The van der Waals surface area contributed by atoms with E-state index in [1.165, 1.54) is 10.9 Å². The van der Waals surface area contributed by atoms with Gasteiger partial charge in [0.05, 0.1) is 25.4 Å². The van der Waals surface area contributed by atoms with Crippen molar-refractivity contribution in [1.29, 1.82) is 0 Å². The van der Waals surface area contributed by atoms with Crippen molar-refractivity contribution in [2.45, 2.75) is 13.0 Å². The molecule has 0 unspecified atom stereocenters. The van der Waals surface area contributed by atoms with Crippen LogP contribution < -0.4 is 24.8 Å². The van der Waals surface area contributed by atoms with Gasteiger partial charge in [0.1, 0.15) is 25.5 Å². The van der Waals surface area contributed by atoms with Crippen LogP contribution in [0.3, 0.4) is 0 Å². The van der Waals surface area contributed by atoms with Gasteiger partial charge in [-0.2, -0.15) is 5.10 Å². The van der Waals surface area contributed by atoms with Crippen molar-refractivity contribution in [1.82, 2.24) is 9.78 Å². The Hall–Kier alpha value is -4.01. The van der Waals surface area contributed by atoms with E-state index >= 15 is 0 Å². The molecule has 0 aliphatic carbocycles. The van der Waals surface area contributed by atoms with Gasteiger partial charge < -0.3 is 24.8 Å². The number of rotatable bonds is 7. The molecular formula is C22H22N4O5. The predicted octanol–water partition coefficient (Wildman–Crippen LogP) is 2.48. The summed E-state index contributed by atoms with van der Waals surface area (Å²) in [5.74, 6) is 1.61. The number of methoxy groups -OCH3 is 1. The summed E-state index contributed by atoms with van der Waals surface area (Å²) < 4.78 is 17.6. The Bertz CT molecular complexity index is 1080. The fourth-order valence-electron chi connectivity index (χ4n) is 3.12. The van der Waals surface area contributed by atoms with Gasteiger partial charge in [-0.3, -0.25) is 14.3 Å². The fourth-order valence-corrected chi connectivity index (χ4v) is 3.12. The molecule has 0 atom stereocenters. The Balaban J connectivity index is 1.29. The quantitative estimate of drug-likeness (QED) is 0.606. The first-order valence-corrected chi connectivity index (χ1v) is 9.74. The standard InChI is InChI=1S/C22H22N4O5/c1-29-18-5-3-16(4-6-18)24-22(28)14-26-13-17(12-23-26)25-21(27)11-15-2-7-19-20(10-15)31-9-8-30-19/h2-7,10,12-13H,8-9,11,14H2,1H3,(H,24,28)(H,25,27). The van der Waals surface area contributed by atoms with Crippen LogP contribution in [0.25, 0.3) is 0 Å². The third-order valence-electron chi connectivity index (χ3n) is 4.57. The van der Waals surface area contributed by atoms with Crippen molar-refractivity contribution in [2.24, 2.45) is 0 Å². The molecular weight excluding hydrogens is 400 g/mol. The molecule has 1 aromatic heterocycles. The van der Waals surface area contributed by atoms with Crippen molar-refractivity contribution in [3.8, 4) is 17.2 Å². The minimum Gasteiger partial charge on any atom is -0.497 e. The van der Waals surface area contributed by atoms with Gasteiger partial charge >= 0.3 is 0 Å². The molecule has 3 aromatic rings. The number of amides is 2. The maximum Gasteiger partial charge on any atom is 0.246 e. The summed E-state index contributed by atoms with van der Waals surface area (Å²) in [6.07, 6.45) is 3.29. The number of anilines is 2. The number of ether oxygens (including phenoxy) is 3. The van der Waals surface area contributed by atoms with Crippen molar-refractivity contribution in [2.75, 3.05) is 31.0 Å². The second-order valence-electron chi connectivity index (χ2n) is 6.91. The smallest absolute Gasteiger partial charge is 0.246 e. The highest BCUT2D eigenvalue weighted by Gasteiger charge is 2.14. The van der Waals surface area contributed by atoms with Crippen LogP contribution in [0.4, 0.5) is 11.4 Å². The maximum absolute atomic E-state index is 12.4. The average Bonchev–Trinajstić information content (AvgIpc) is 3.20. The molecule has 2 heterocycles. The molecule has 2 N–H and O–H groups in total. The van der Waals surface area contributed by atoms with Crippen molar-refractivity contribution >= 4 is 23.2 Å². The number of aromatic nitrogens is 2. The predicted molar refractivity (Wildman–Crippen MR) is 114 cm³/mol. The van der Waals surface area contributed by atoms with Gasteiger partial charge in [0.2, 0.25) is 11.8 Å². The van der Waals surface area contributed by atoms with E-state index in [0.717, 1.165) is 5.56 Å². The minimum atomic E-state index is -0.234. The Morgan fingerprint density at radius 2 is 1.74 bits per heavy atom. The lowest BCUT2D eigenvalue weighted by molar-refractivity contribution is -0.117. The Morgan fingerprint density at radius 1 is 1.00 bits per heavy atom. The number of carbonyl (C=O) groups is 2. The second kappa shape index (κ2) is 9.21. The first-order chi connectivity index (χ1) is 15.1. The molecule has 1 aliphatic rings. The monoisotopic (exact) mass is 422 g/mol. The average molecular weight is 422 g/mol. The van der Waals surface area contributed by atoms with Gasteiger partial charge in [-0.05, 0) is 42.0 Å². The van der Waals surface area contributed by atoms with Crippen LogP contribution in [0.15, 0.2) is 54.9 Å². The number of hydrogen-bond donors (Lipinski definition) is 2. The SMILES string of the molecule is COc1ccc(NC(=O)Cn2cc(NC(=O)Cc3ccc4c(c3)OCCO4)cn2)cc1. The van der Waals surface area contributed by atoms with Gasteiger partial charge in [-0.1, -0.05) is 6.07 Å². The molecule has 160 valence electrons. The number of nitrogens with one attached hydrogen (secondary N) is 2. The molecule has 31 heavy (non-hydrogen) atoms. The van der Waals surface area contributed by atoms with E-state index in [9.17, 15) is 9.59 Å². The lowest BCUT2D eigenvalue weighted by Gasteiger charge is -2.18. The first kappa shape index (κ1) is 20.3. The van der Waals surface area contributed by atoms with E-state index in [1.54, 1.807) is 49.7 Å². The minimum absolute atomic E-state index is 0.0179. The molecule has 0 spiro atoms. The van der Waals surface area contributed by atoms with Crippen LogP contribution in [0.2, 0.25) is 0 Å². The van der Waals surface area contributed by atoms with Crippen LogP contribution in [-0.2, 0) is 22.6 Å². The lowest BCUT2D eigenvalue weighted by atomic mass is 10.1. The highest BCUT2D eigenvalue weighted by Crippen LogP contribution is 2.30. The van der Waals surface area contributed by atoms with E-state index in [4.69, 9.17) is 14.2 Å². The second-order valence-corrected chi connectivity index (χ2v) is 6.91. The van der Waals surface area contributed by atoms with Crippen LogP contribution in [0, 0.1) is 0 Å². The molecule has 0 saturated carbocycles. The number of benzene rings is 2. The summed E-state index contributed by atoms with van der Waals surface area (Å²) in [7, 11) is 1.58. The molecule has 9 heteroatoms. The zero-order valence-electron chi connectivity index (χ0n) is 17.0. The summed E-state index contributed by atoms with van der Waals surface area (Å²) in [4.78, 5) is 24.6. The molecule has 2 amide bonds. The molecule has 4 rings (SSSR count). The summed E-state index contributed by atoms with van der Waals surface area (Å²) in [6, 6.07) is 12.5. The Labute approximate surface area is 178 Å². The van der Waals surface area contributed by atoms with Gasteiger partial charge in [-0.15, -0.1) is 0 Å². The molecule has 9 nitrogen and oxygen atoms in total. The first-order valence-electron chi connectivity index (χ1n) is 9.74. The van der Waals surface area contributed by atoms with Crippen LogP contribution in [0.1, 0.15) is 5.56 Å². The zero-order chi connectivity index (χ0) is 21.6. The highest BCUT2D eigenvalue weighted by molar-refractivity contribution is 5.92. The fraction of sp³-hybridized carbons (Fsp3) is 0.227. The third-order valence-corrected chi connectivity index (χ3v) is 4.57. The molecule has 2 aromatic carbocycles. The highest BCUT2D eigenvalue weighted by atomic mass is 16.6. The van der Waals surface area contributed by atoms with Crippen LogP contribution >= 0.6 is 0 Å². The van der Waals surface area contributed by atoms with Crippen molar-refractivity contribution in [3.63, 3.8) is 0 Å². The molecule has 0 saturated heterocycles. The van der Waals surface area contributed by atoms with Crippen molar-refractivity contribution in [3.05, 3.63) is 60.4 Å². The van der Waals surface area contributed by atoms with E-state index in [-0.39, 0.29) is 24.8 Å². The lowest BCUT2D eigenvalue weighted by Crippen LogP contribution is -2.19. The Kier molecular flexibility index (Phi) is 6.02. The number of fused-ring (bicyclic) bond motifs is 1. The Morgan fingerprint density at radius 3 is 2.52 bits per heavy atom. The number of hydrogen-bond acceptors (Lipinski definition) is 6. The summed E-state index contributed by atoms with van der Waals surface area (Å²) >= 11 is 0. The maximum atomic E-state index is 12.4. The summed E-state index contributed by atoms with van der Waals surface area (Å²) in [6.45, 7) is 1.03. The van der Waals surface area contributed by atoms with Crippen molar-refractivity contribution < 1.29 is 23.8 Å². The summed E-state index contributed by atoms with van der Waals surface area (Å²) in [5.41, 5.74) is 1.98. The summed E-state index contributed by atoms with van der Waals surface area (Å²) in [5, 5.41) is 9.70. The normalized spacial score (nSPS) is 12.2. The van der Waals surface area contributed by atoms with Crippen LogP contribution in [0.5, 0.6) is 17.2 Å². The third kappa shape index (κ3) is 5.33. The van der Waals surface area contributed by atoms with E-state index in [2.05, 4.69) is 15.7 Å². The van der Waals surface area contributed by atoms with Crippen LogP contribution in [-0.4, -0.2) is 41.9 Å². The van der Waals surface area contributed by atoms with Gasteiger partial charge in [-0.25, -0.2) is 0 Å². The largest absolute Gasteiger partial charge is 0.497 e. The molecule has 1 aliphatic heterocycles. The van der Waals surface area contributed by atoms with Gasteiger partial charge in [0, 0.05) is 11.9 Å². The van der Waals surface area contributed by atoms with E-state index in [0.29, 0.717) is 41.8 Å². The van der Waals surface area contributed by atoms with Gasteiger partial charge in [0.15, 0.2) is 11.5 Å². The van der Waals surface area contributed by atoms with E-state index < -0.39 is 0 Å². The number of carbonyl (C=O) groups excluding carboxylic acids is 2. The molecule has 0 fully saturated rings. The molecule has 0 radical (unpaired) electrons. The molecule has 0 bridgehead atoms. The number of nitrogens with zero attached hydrogens (tertiary/aromatic N) is 2. The topological polar surface area (TPSA) is 104 Å². The zero-order valence-corrected chi connectivity index (χ0v) is 17.0. The van der Waals surface area contributed by atoms with Gasteiger partial charge in [0.25, 0.3) is 0 Å². The van der Waals surface area contributed by atoms with E-state index in [1.807, 2.05) is 6.07 Å².